The summed E-state index contributed by atoms with van der Waals surface area (Å²) in [6.07, 6.45) is 0. The van der Waals surface area contributed by atoms with Crippen molar-refractivity contribution in [2.45, 2.75) is 17.1 Å². The van der Waals surface area contributed by atoms with E-state index in [1.807, 2.05) is 36.4 Å². The summed E-state index contributed by atoms with van der Waals surface area (Å²) in [4.78, 5) is 26.3. The smallest absolute Gasteiger partial charge is 0.255 e. The van der Waals surface area contributed by atoms with E-state index in [0.29, 0.717) is 22.8 Å². The number of amides is 2. The highest BCUT2D eigenvalue weighted by atomic mass is 32.2. The van der Waals surface area contributed by atoms with E-state index in [9.17, 15) is 14.0 Å². The second-order valence-corrected chi connectivity index (χ2v) is 8.39. The standard InChI is InChI=1S/C25H20FN3O3S/c1-16-14-22(29-32-16)28-25(31)23(17-6-3-2-4-7-17)33-21-9-5-8-20(15-21)27-24(30)18-10-12-19(26)13-11-18/h2-15,23H,1H3,(H,27,30)(H,28,29,31). The van der Waals surface area contributed by atoms with Crippen LogP contribution in [-0.4, -0.2) is 17.0 Å². The Morgan fingerprint density at radius 1 is 0.939 bits per heavy atom. The summed E-state index contributed by atoms with van der Waals surface area (Å²) in [5.41, 5.74) is 1.73. The van der Waals surface area contributed by atoms with Crippen LogP contribution in [0.1, 0.15) is 26.9 Å². The molecule has 0 spiro atoms. The number of nitrogens with one attached hydrogen (secondary N) is 2. The maximum atomic E-state index is 13.1. The van der Waals surface area contributed by atoms with Gasteiger partial charge in [-0.2, -0.15) is 0 Å². The van der Waals surface area contributed by atoms with Crippen molar-refractivity contribution in [2.75, 3.05) is 10.6 Å². The maximum Gasteiger partial charge on any atom is 0.255 e. The number of halogens is 1. The van der Waals surface area contributed by atoms with E-state index < -0.39 is 11.1 Å². The Kier molecular flexibility index (Phi) is 6.85. The van der Waals surface area contributed by atoms with Gasteiger partial charge in [0.05, 0.1) is 0 Å². The number of carbonyl (C=O) groups excluding carboxylic acids is 2. The monoisotopic (exact) mass is 461 g/mol. The Hall–Kier alpha value is -3.91. The third-order valence-corrected chi connectivity index (χ3v) is 5.92. The first kappa shape index (κ1) is 22.3. The van der Waals surface area contributed by atoms with Gasteiger partial charge in [0.2, 0.25) is 5.91 Å². The molecule has 166 valence electrons. The number of aromatic nitrogens is 1. The van der Waals surface area contributed by atoms with E-state index >= 15 is 0 Å². The van der Waals surface area contributed by atoms with E-state index in [1.54, 1.807) is 31.2 Å². The van der Waals surface area contributed by atoms with Crippen LogP contribution in [0.2, 0.25) is 0 Å². The van der Waals surface area contributed by atoms with E-state index in [2.05, 4.69) is 15.8 Å². The maximum absolute atomic E-state index is 13.1. The Balaban J connectivity index is 1.53. The van der Waals surface area contributed by atoms with Crippen LogP contribution in [0, 0.1) is 12.7 Å². The van der Waals surface area contributed by atoms with Gasteiger partial charge in [-0.05, 0) is 55.0 Å². The number of rotatable bonds is 7. The topological polar surface area (TPSA) is 84.2 Å². The lowest BCUT2D eigenvalue weighted by Gasteiger charge is -2.17. The van der Waals surface area contributed by atoms with Gasteiger partial charge in [0.15, 0.2) is 5.82 Å². The fraction of sp³-hybridized carbons (Fsp3) is 0.0800. The molecule has 0 aliphatic rings. The molecule has 0 aliphatic carbocycles. The van der Waals surface area contributed by atoms with Gasteiger partial charge in [-0.15, -0.1) is 11.8 Å². The average molecular weight is 462 g/mol. The molecule has 1 atom stereocenters. The number of hydrogen-bond acceptors (Lipinski definition) is 5. The largest absolute Gasteiger partial charge is 0.360 e. The van der Waals surface area contributed by atoms with Crippen LogP contribution in [0.3, 0.4) is 0 Å². The van der Waals surface area contributed by atoms with Crippen molar-refractivity contribution in [1.82, 2.24) is 5.16 Å². The summed E-state index contributed by atoms with van der Waals surface area (Å²) in [6, 6.07) is 23.5. The molecule has 0 radical (unpaired) electrons. The zero-order valence-electron chi connectivity index (χ0n) is 17.6. The van der Waals surface area contributed by atoms with Crippen molar-refractivity contribution in [3.63, 3.8) is 0 Å². The van der Waals surface area contributed by atoms with Crippen molar-refractivity contribution in [3.8, 4) is 0 Å². The molecule has 1 heterocycles. The summed E-state index contributed by atoms with van der Waals surface area (Å²) >= 11 is 1.34. The summed E-state index contributed by atoms with van der Waals surface area (Å²) in [5.74, 6) is -0.0646. The molecule has 0 saturated heterocycles. The number of anilines is 2. The molecule has 6 nitrogen and oxygen atoms in total. The number of hydrogen-bond donors (Lipinski definition) is 2. The minimum atomic E-state index is -0.564. The first-order valence-electron chi connectivity index (χ1n) is 10.1. The van der Waals surface area contributed by atoms with Crippen molar-refractivity contribution in [1.29, 1.82) is 0 Å². The molecular formula is C25H20FN3O3S. The molecule has 2 N–H and O–H groups in total. The Bertz CT molecular complexity index is 1260. The second-order valence-electron chi connectivity index (χ2n) is 7.21. The van der Waals surface area contributed by atoms with E-state index in [0.717, 1.165) is 10.5 Å². The lowest BCUT2D eigenvalue weighted by molar-refractivity contribution is -0.115. The van der Waals surface area contributed by atoms with Crippen LogP contribution < -0.4 is 10.6 Å². The lowest BCUT2D eigenvalue weighted by Crippen LogP contribution is -2.19. The Morgan fingerprint density at radius 3 is 2.39 bits per heavy atom. The molecule has 1 unspecified atom stereocenters. The molecule has 0 aliphatic heterocycles. The summed E-state index contributed by atoms with van der Waals surface area (Å²) < 4.78 is 18.2. The van der Waals surface area contributed by atoms with E-state index in [-0.39, 0.29) is 11.8 Å². The summed E-state index contributed by atoms with van der Waals surface area (Å²) in [6.45, 7) is 1.75. The summed E-state index contributed by atoms with van der Waals surface area (Å²) in [5, 5.41) is 8.86. The number of carbonyl (C=O) groups is 2. The first-order valence-corrected chi connectivity index (χ1v) is 11.0. The molecule has 33 heavy (non-hydrogen) atoms. The Labute approximate surface area is 194 Å². The zero-order chi connectivity index (χ0) is 23.2. The van der Waals surface area contributed by atoms with E-state index in [4.69, 9.17) is 4.52 Å². The van der Waals surface area contributed by atoms with Gasteiger partial charge >= 0.3 is 0 Å². The highest BCUT2D eigenvalue weighted by Crippen LogP contribution is 2.37. The van der Waals surface area contributed by atoms with Crippen molar-refractivity contribution in [2.24, 2.45) is 0 Å². The Morgan fingerprint density at radius 2 is 1.70 bits per heavy atom. The zero-order valence-corrected chi connectivity index (χ0v) is 18.4. The van der Waals surface area contributed by atoms with Gasteiger partial charge in [-0.25, -0.2) is 4.39 Å². The fourth-order valence-electron chi connectivity index (χ4n) is 3.11. The van der Waals surface area contributed by atoms with Crippen LogP contribution in [0.4, 0.5) is 15.9 Å². The van der Waals surface area contributed by atoms with Gasteiger partial charge in [-0.1, -0.05) is 41.6 Å². The number of thioether (sulfide) groups is 1. The van der Waals surface area contributed by atoms with Gasteiger partial charge in [0, 0.05) is 22.2 Å². The third kappa shape index (κ3) is 5.87. The third-order valence-electron chi connectivity index (χ3n) is 4.67. The predicted octanol–water partition coefficient (Wildman–Crippen LogP) is 5.85. The van der Waals surface area contributed by atoms with Crippen molar-refractivity contribution < 1.29 is 18.5 Å². The molecular weight excluding hydrogens is 441 g/mol. The van der Waals surface area contributed by atoms with Gasteiger partial charge in [0.1, 0.15) is 16.8 Å². The van der Waals surface area contributed by atoms with Crippen LogP contribution in [0.5, 0.6) is 0 Å². The molecule has 8 heteroatoms. The summed E-state index contributed by atoms with van der Waals surface area (Å²) in [7, 11) is 0. The second kappa shape index (κ2) is 10.1. The predicted molar refractivity (Wildman–Crippen MR) is 126 cm³/mol. The van der Waals surface area contributed by atoms with Crippen LogP contribution in [0.15, 0.2) is 94.3 Å². The van der Waals surface area contributed by atoms with Gasteiger partial charge < -0.3 is 15.2 Å². The average Bonchev–Trinajstić information content (AvgIpc) is 3.23. The lowest BCUT2D eigenvalue weighted by atomic mass is 10.1. The highest BCUT2D eigenvalue weighted by molar-refractivity contribution is 8.00. The quantitative estimate of drug-likeness (QED) is 0.338. The van der Waals surface area contributed by atoms with Crippen LogP contribution in [-0.2, 0) is 4.79 Å². The van der Waals surface area contributed by atoms with Gasteiger partial charge in [-0.3, -0.25) is 9.59 Å². The number of aryl methyl sites for hydroxylation is 1. The molecule has 0 fully saturated rings. The molecule has 4 rings (SSSR count). The van der Waals surface area contributed by atoms with E-state index in [1.165, 1.54) is 36.0 Å². The molecule has 0 saturated carbocycles. The number of nitrogens with zero attached hydrogens (tertiary/aromatic N) is 1. The molecule has 2 amide bonds. The van der Waals surface area contributed by atoms with Crippen LogP contribution in [0.25, 0.3) is 0 Å². The van der Waals surface area contributed by atoms with Crippen LogP contribution >= 0.6 is 11.8 Å². The normalized spacial score (nSPS) is 11.6. The number of benzene rings is 3. The molecule has 1 aromatic heterocycles. The highest BCUT2D eigenvalue weighted by Gasteiger charge is 2.23. The SMILES string of the molecule is Cc1cc(NC(=O)C(Sc2cccc(NC(=O)c3ccc(F)cc3)c2)c2ccccc2)no1. The van der Waals surface area contributed by atoms with Crippen molar-refractivity contribution in [3.05, 3.63) is 108 Å². The minimum absolute atomic E-state index is 0.250. The van der Waals surface area contributed by atoms with Crippen molar-refractivity contribution >= 4 is 35.1 Å². The molecule has 4 aromatic rings. The first-order chi connectivity index (χ1) is 16.0. The van der Waals surface area contributed by atoms with Gasteiger partial charge in [0.25, 0.3) is 5.91 Å². The molecule has 3 aromatic carbocycles. The molecule has 0 bridgehead atoms. The minimum Gasteiger partial charge on any atom is -0.360 e. The fourth-order valence-corrected chi connectivity index (χ4v) is 4.19.